The maximum absolute atomic E-state index is 12.5. The van der Waals surface area contributed by atoms with E-state index >= 15 is 0 Å². The lowest BCUT2D eigenvalue weighted by atomic mass is 9.86. The summed E-state index contributed by atoms with van der Waals surface area (Å²) in [5.74, 6) is 0.683. The summed E-state index contributed by atoms with van der Waals surface area (Å²) in [6, 6.07) is 3.96. The Bertz CT molecular complexity index is 702. The van der Waals surface area contributed by atoms with Gasteiger partial charge in [0.1, 0.15) is 17.5 Å². The molecular weight excluding hydrogens is 372 g/mol. The zero-order chi connectivity index (χ0) is 17.5. The summed E-state index contributed by atoms with van der Waals surface area (Å²) < 4.78 is 6.34. The highest BCUT2D eigenvalue weighted by Crippen LogP contribution is 2.41. The maximum atomic E-state index is 12.5. The van der Waals surface area contributed by atoms with Crippen LogP contribution in [0, 0.1) is 11.3 Å². The number of nitrogens with zero attached hydrogens (tertiary/aromatic N) is 4. The van der Waals surface area contributed by atoms with Crippen molar-refractivity contribution in [1.82, 2.24) is 9.88 Å². The highest BCUT2D eigenvalue weighted by Gasteiger charge is 2.53. The smallest absolute Gasteiger partial charge is 0.410 e. The van der Waals surface area contributed by atoms with Gasteiger partial charge in [0.2, 0.25) is 0 Å². The Morgan fingerprint density at radius 2 is 2.17 bits per heavy atom. The number of nitriles is 1. The summed E-state index contributed by atoms with van der Waals surface area (Å²) in [6.07, 6.45) is 3.39. The van der Waals surface area contributed by atoms with Gasteiger partial charge in [0, 0.05) is 30.3 Å². The van der Waals surface area contributed by atoms with Crippen LogP contribution in [0.3, 0.4) is 0 Å². The van der Waals surface area contributed by atoms with Crippen LogP contribution in [0.2, 0.25) is 0 Å². The number of carbonyl (C=O) groups excluding carboxylic acids is 1. The quantitative estimate of drug-likeness (QED) is 0.732. The standard InChI is InChI=1S/C17H21BrN4O2/c1-16(2,3)24-15(23)22-6-4-5-17(22)10-21(11-17)14-12(8-19)7-13(18)9-20-14/h7,9H,4-6,10-11H2,1-3H3. The van der Waals surface area contributed by atoms with Crippen LogP contribution in [0.25, 0.3) is 0 Å². The first kappa shape index (κ1) is 17.0. The molecule has 7 heteroatoms. The van der Waals surface area contributed by atoms with Crippen LogP contribution in [-0.4, -0.2) is 46.8 Å². The minimum absolute atomic E-state index is 0.191. The molecule has 3 rings (SSSR count). The summed E-state index contributed by atoms with van der Waals surface area (Å²) in [5, 5.41) is 9.31. The molecule has 0 atom stereocenters. The fourth-order valence-corrected chi connectivity index (χ4v) is 3.78. The number of halogens is 1. The molecule has 1 aromatic rings. The van der Waals surface area contributed by atoms with Gasteiger partial charge in [-0.15, -0.1) is 0 Å². The van der Waals surface area contributed by atoms with Crippen LogP contribution in [0.4, 0.5) is 10.6 Å². The molecule has 2 fully saturated rings. The molecule has 2 aliphatic rings. The van der Waals surface area contributed by atoms with Gasteiger partial charge < -0.3 is 9.64 Å². The Morgan fingerprint density at radius 1 is 1.46 bits per heavy atom. The first-order chi connectivity index (χ1) is 11.2. The molecule has 2 aliphatic heterocycles. The van der Waals surface area contributed by atoms with Crippen LogP contribution >= 0.6 is 15.9 Å². The lowest BCUT2D eigenvalue weighted by Gasteiger charge is -2.53. The number of hydrogen-bond acceptors (Lipinski definition) is 5. The molecule has 24 heavy (non-hydrogen) atoms. The third-order valence-electron chi connectivity index (χ3n) is 4.43. The van der Waals surface area contributed by atoms with Crippen LogP contribution < -0.4 is 4.90 Å². The lowest BCUT2D eigenvalue weighted by molar-refractivity contribution is 0.00225. The van der Waals surface area contributed by atoms with Gasteiger partial charge in [0.25, 0.3) is 0 Å². The Balaban J connectivity index is 1.74. The number of anilines is 1. The molecule has 6 nitrogen and oxygen atoms in total. The first-order valence-electron chi connectivity index (χ1n) is 8.05. The number of hydrogen-bond donors (Lipinski definition) is 0. The molecule has 0 aromatic carbocycles. The summed E-state index contributed by atoms with van der Waals surface area (Å²) >= 11 is 3.34. The van der Waals surface area contributed by atoms with Crippen molar-refractivity contribution in [3.8, 4) is 6.07 Å². The van der Waals surface area contributed by atoms with E-state index in [1.807, 2.05) is 25.7 Å². The second-order valence-corrected chi connectivity index (χ2v) is 8.37. The number of carbonyl (C=O) groups is 1. The first-order valence-corrected chi connectivity index (χ1v) is 8.85. The van der Waals surface area contributed by atoms with E-state index in [4.69, 9.17) is 4.74 Å². The van der Waals surface area contributed by atoms with Gasteiger partial charge in [-0.3, -0.25) is 4.90 Å². The number of likely N-dealkylation sites (tertiary alicyclic amines) is 1. The Kier molecular flexibility index (Phi) is 4.20. The van der Waals surface area contributed by atoms with Crippen molar-refractivity contribution >= 4 is 27.8 Å². The van der Waals surface area contributed by atoms with Gasteiger partial charge in [0.15, 0.2) is 0 Å². The van der Waals surface area contributed by atoms with Gasteiger partial charge in [-0.1, -0.05) is 0 Å². The van der Waals surface area contributed by atoms with Crippen LogP contribution in [-0.2, 0) is 4.74 Å². The van der Waals surface area contributed by atoms with E-state index in [9.17, 15) is 10.1 Å². The zero-order valence-corrected chi connectivity index (χ0v) is 15.8. The van der Waals surface area contributed by atoms with Gasteiger partial charge in [-0.05, 0) is 55.6 Å². The molecule has 0 radical (unpaired) electrons. The maximum Gasteiger partial charge on any atom is 0.410 e. The van der Waals surface area contributed by atoms with Crippen molar-refractivity contribution in [2.45, 2.75) is 44.8 Å². The van der Waals surface area contributed by atoms with Crippen molar-refractivity contribution in [3.63, 3.8) is 0 Å². The van der Waals surface area contributed by atoms with Gasteiger partial charge in [-0.25, -0.2) is 9.78 Å². The van der Waals surface area contributed by atoms with Crippen LogP contribution in [0.5, 0.6) is 0 Å². The predicted molar refractivity (Wildman–Crippen MR) is 93.8 cm³/mol. The number of aromatic nitrogens is 1. The van der Waals surface area contributed by atoms with Crippen molar-refractivity contribution in [2.24, 2.45) is 0 Å². The summed E-state index contributed by atoms with van der Waals surface area (Å²) in [5.41, 5.74) is -0.143. The van der Waals surface area contributed by atoms with Crippen molar-refractivity contribution in [2.75, 3.05) is 24.5 Å². The Morgan fingerprint density at radius 3 is 2.79 bits per heavy atom. The minimum Gasteiger partial charge on any atom is -0.444 e. The van der Waals surface area contributed by atoms with E-state index in [1.54, 1.807) is 12.3 Å². The molecule has 0 bridgehead atoms. The molecule has 0 unspecified atom stereocenters. The topological polar surface area (TPSA) is 69.5 Å². The third-order valence-corrected chi connectivity index (χ3v) is 4.87. The van der Waals surface area contributed by atoms with Crippen molar-refractivity contribution in [3.05, 3.63) is 22.3 Å². The second kappa shape index (κ2) is 5.92. The summed E-state index contributed by atoms with van der Waals surface area (Å²) in [7, 11) is 0. The molecule has 3 heterocycles. The molecule has 1 aromatic heterocycles. The molecule has 0 N–H and O–H groups in total. The number of amides is 1. The highest BCUT2D eigenvalue weighted by molar-refractivity contribution is 9.10. The van der Waals surface area contributed by atoms with E-state index in [-0.39, 0.29) is 11.6 Å². The van der Waals surface area contributed by atoms with E-state index in [1.165, 1.54) is 0 Å². The molecule has 128 valence electrons. The van der Waals surface area contributed by atoms with Gasteiger partial charge in [0.05, 0.1) is 11.1 Å². The molecule has 1 amide bonds. The molecule has 0 saturated carbocycles. The summed E-state index contributed by atoms with van der Waals surface area (Å²) in [6.45, 7) is 7.75. The Labute approximate surface area is 150 Å². The summed E-state index contributed by atoms with van der Waals surface area (Å²) in [4.78, 5) is 20.8. The average molecular weight is 393 g/mol. The number of ether oxygens (including phenoxy) is 1. The zero-order valence-electron chi connectivity index (χ0n) is 14.2. The predicted octanol–water partition coefficient (Wildman–Crippen LogP) is 3.31. The minimum atomic E-state index is -0.495. The van der Waals surface area contributed by atoms with Crippen molar-refractivity contribution < 1.29 is 9.53 Å². The van der Waals surface area contributed by atoms with E-state index < -0.39 is 5.60 Å². The van der Waals surface area contributed by atoms with E-state index in [0.29, 0.717) is 24.5 Å². The fourth-order valence-electron chi connectivity index (χ4n) is 3.45. The van der Waals surface area contributed by atoms with Crippen LogP contribution in [0.1, 0.15) is 39.2 Å². The SMILES string of the molecule is CC(C)(C)OC(=O)N1CCCC12CN(c1ncc(Br)cc1C#N)C2. The van der Waals surface area contributed by atoms with Gasteiger partial charge >= 0.3 is 6.09 Å². The molecule has 2 saturated heterocycles. The molecular formula is C17H21BrN4O2. The number of rotatable bonds is 1. The lowest BCUT2D eigenvalue weighted by Crippen LogP contribution is -2.69. The largest absolute Gasteiger partial charge is 0.444 e. The van der Waals surface area contributed by atoms with Gasteiger partial charge in [-0.2, -0.15) is 5.26 Å². The van der Waals surface area contributed by atoms with Crippen LogP contribution in [0.15, 0.2) is 16.7 Å². The normalized spacial score (nSPS) is 19.1. The molecule has 1 spiro atoms. The van der Waals surface area contributed by atoms with Crippen molar-refractivity contribution in [1.29, 1.82) is 5.26 Å². The average Bonchev–Trinajstić information content (AvgIpc) is 2.89. The highest BCUT2D eigenvalue weighted by atomic mass is 79.9. The second-order valence-electron chi connectivity index (χ2n) is 7.45. The Hall–Kier alpha value is -1.81. The molecule has 0 aliphatic carbocycles. The van der Waals surface area contributed by atoms with E-state index in [0.717, 1.165) is 23.9 Å². The number of pyridine rings is 1. The van der Waals surface area contributed by atoms with E-state index in [2.05, 4.69) is 31.9 Å². The third kappa shape index (κ3) is 3.07. The fraction of sp³-hybridized carbons (Fsp3) is 0.588. The monoisotopic (exact) mass is 392 g/mol.